The van der Waals surface area contributed by atoms with Crippen LogP contribution in [0.15, 0.2) is 24.3 Å². The van der Waals surface area contributed by atoms with E-state index in [1.165, 1.54) is 0 Å². The molecule has 1 aromatic carbocycles. The summed E-state index contributed by atoms with van der Waals surface area (Å²) in [5.41, 5.74) is 0.941. The Morgan fingerprint density at radius 1 is 1.25 bits per heavy atom. The molecule has 1 unspecified atom stereocenters. The van der Waals surface area contributed by atoms with Gasteiger partial charge in [-0.05, 0) is 30.5 Å². The van der Waals surface area contributed by atoms with Crippen molar-refractivity contribution in [3.05, 3.63) is 29.8 Å². The number of nitriles is 1. The Morgan fingerprint density at radius 2 is 1.92 bits per heavy atom. The third-order valence-electron chi connectivity index (χ3n) is 4.86. The van der Waals surface area contributed by atoms with Crippen LogP contribution in [-0.2, 0) is 4.79 Å². The molecule has 1 saturated heterocycles. The Kier molecular flexibility index (Phi) is 6.62. The molecule has 0 aromatic heterocycles. The van der Waals surface area contributed by atoms with Crippen LogP contribution in [0.4, 0.5) is 0 Å². The number of rotatable bonds is 6. The van der Waals surface area contributed by atoms with Gasteiger partial charge in [-0.15, -0.1) is 0 Å². The van der Waals surface area contributed by atoms with E-state index >= 15 is 0 Å². The van der Waals surface area contributed by atoms with E-state index in [4.69, 9.17) is 4.74 Å². The summed E-state index contributed by atoms with van der Waals surface area (Å²) in [7, 11) is 1.63. The molecule has 1 amide bonds. The van der Waals surface area contributed by atoms with E-state index < -0.39 is 0 Å². The smallest absolute Gasteiger partial charge is 0.225 e. The molecule has 1 atom stereocenters. The fourth-order valence-electron chi connectivity index (χ4n) is 3.28. The lowest BCUT2D eigenvalue weighted by Crippen LogP contribution is -2.50. The average molecular weight is 329 g/mol. The first-order chi connectivity index (χ1) is 11.6. The van der Waals surface area contributed by atoms with E-state index in [9.17, 15) is 10.1 Å². The van der Waals surface area contributed by atoms with Crippen molar-refractivity contribution < 1.29 is 9.53 Å². The van der Waals surface area contributed by atoms with Crippen molar-refractivity contribution in [3.63, 3.8) is 0 Å². The summed E-state index contributed by atoms with van der Waals surface area (Å²) in [6, 6.07) is 9.75. The Morgan fingerprint density at radius 3 is 2.46 bits per heavy atom. The van der Waals surface area contributed by atoms with Gasteiger partial charge in [0.15, 0.2) is 0 Å². The summed E-state index contributed by atoms with van der Waals surface area (Å²) < 4.78 is 5.26. The Labute approximate surface area is 144 Å². The lowest BCUT2D eigenvalue weighted by atomic mass is 10.0. The summed E-state index contributed by atoms with van der Waals surface area (Å²) in [5, 5.41) is 9.62. The standard InChI is InChI=1S/C19H27N3O2/c1-4-15(5-2)19(23)22-11-9-21(10-12-22)18(14-20)16-7-6-8-17(13-16)24-3/h6-8,13,15,18H,4-5,9-12H2,1-3H3. The molecule has 0 spiro atoms. The van der Waals surface area contributed by atoms with Crippen molar-refractivity contribution in [1.82, 2.24) is 9.80 Å². The largest absolute Gasteiger partial charge is 0.497 e. The Hall–Kier alpha value is -2.06. The van der Waals surface area contributed by atoms with Gasteiger partial charge in [-0.1, -0.05) is 26.0 Å². The van der Waals surface area contributed by atoms with Crippen LogP contribution in [0.1, 0.15) is 38.3 Å². The highest BCUT2D eigenvalue weighted by Gasteiger charge is 2.29. The van der Waals surface area contributed by atoms with Gasteiger partial charge in [0, 0.05) is 32.1 Å². The molecule has 1 aromatic rings. The van der Waals surface area contributed by atoms with Gasteiger partial charge in [0.05, 0.1) is 13.2 Å². The average Bonchev–Trinajstić information content (AvgIpc) is 2.64. The van der Waals surface area contributed by atoms with Gasteiger partial charge in [0.1, 0.15) is 11.8 Å². The number of hydrogen-bond acceptors (Lipinski definition) is 4. The highest BCUT2D eigenvalue weighted by Crippen LogP contribution is 2.25. The maximum absolute atomic E-state index is 12.5. The van der Waals surface area contributed by atoms with Gasteiger partial charge >= 0.3 is 0 Å². The summed E-state index contributed by atoms with van der Waals surface area (Å²) in [4.78, 5) is 16.6. The van der Waals surface area contributed by atoms with E-state index in [1.807, 2.05) is 29.2 Å². The Balaban J connectivity index is 2.02. The van der Waals surface area contributed by atoms with Gasteiger partial charge in [-0.25, -0.2) is 0 Å². The highest BCUT2D eigenvalue weighted by molar-refractivity contribution is 5.78. The molecule has 0 saturated carbocycles. The maximum atomic E-state index is 12.5. The second kappa shape index (κ2) is 8.70. The van der Waals surface area contributed by atoms with Crippen molar-refractivity contribution >= 4 is 5.91 Å². The zero-order valence-electron chi connectivity index (χ0n) is 14.9. The maximum Gasteiger partial charge on any atom is 0.225 e. The number of piperazine rings is 1. The third-order valence-corrected chi connectivity index (χ3v) is 4.86. The van der Waals surface area contributed by atoms with Crippen molar-refractivity contribution in [2.24, 2.45) is 5.92 Å². The van der Waals surface area contributed by atoms with Gasteiger partial charge in [0.25, 0.3) is 0 Å². The molecular formula is C19H27N3O2. The summed E-state index contributed by atoms with van der Waals surface area (Å²) in [5.74, 6) is 1.14. The summed E-state index contributed by atoms with van der Waals surface area (Å²) >= 11 is 0. The number of amides is 1. The number of ether oxygens (including phenoxy) is 1. The second-order valence-corrected chi connectivity index (χ2v) is 6.18. The van der Waals surface area contributed by atoms with Crippen molar-refractivity contribution in [3.8, 4) is 11.8 Å². The van der Waals surface area contributed by atoms with Crippen LogP contribution < -0.4 is 4.74 Å². The lowest BCUT2D eigenvalue weighted by Gasteiger charge is -2.38. The Bertz CT molecular complexity index is 585. The molecule has 130 valence electrons. The predicted octanol–water partition coefficient (Wildman–Crippen LogP) is 2.84. The van der Waals surface area contributed by atoms with Crippen LogP contribution >= 0.6 is 0 Å². The van der Waals surface area contributed by atoms with E-state index in [0.29, 0.717) is 13.1 Å². The van der Waals surface area contributed by atoms with Gasteiger partial charge < -0.3 is 9.64 Å². The zero-order chi connectivity index (χ0) is 17.5. The number of nitrogens with zero attached hydrogens (tertiary/aromatic N) is 3. The van der Waals surface area contributed by atoms with Crippen LogP contribution in [-0.4, -0.2) is 49.0 Å². The number of methoxy groups -OCH3 is 1. The van der Waals surface area contributed by atoms with Gasteiger partial charge in [0.2, 0.25) is 5.91 Å². The number of hydrogen-bond donors (Lipinski definition) is 0. The fraction of sp³-hybridized carbons (Fsp3) is 0.579. The number of carbonyl (C=O) groups excluding carboxylic acids is 1. The number of benzene rings is 1. The normalized spacial score (nSPS) is 16.7. The molecule has 1 aliphatic rings. The quantitative estimate of drug-likeness (QED) is 0.805. The highest BCUT2D eigenvalue weighted by atomic mass is 16.5. The molecule has 1 aliphatic heterocycles. The topological polar surface area (TPSA) is 56.6 Å². The summed E-state index contributed by atoms with van der Waals surface area (Å²) in [6.07, 6.45) is 1.78. The monoisotopic (exact) mass is 329 g/mol. The second-order valence-electron chi connectivity index (χ2n) is 6.18. The summed E-state index contributed by atoms with van der Waals surface area (Å²) in [6.45, 7) is 6.96. The first kappa shape index (κ1) is 18.3. The predicted molar refractivity (Wildman–Crippen MR) is 93.6 cm³/mol. The lowest BCUT2D eigenvalue weighted by molar-refractivity contribution is -0.137. The van der Waals surface area contributed by atoms with Crippen molar-refractivity contribution in [1.29, 1.82) is 5.26 Å². The fourth-order valence-corrected chi connectivity index (χ4v) is 3.28. The first-order valence-electron chi connectivity index (χ1n) is 8.70. The third kappa shape index (κ3) is 4.07. The minimum Gasteiger partial charge on any atom is -0.497 e. The number of carbonyl (C=O) groups is 1. The molecule has 0 radical (unpaired) electrons. The molecule has 5 nitrogen and oxygen atoms in total. The molecule has 1 heterocycles. The van der Waals surface area contributed by atoms with E-state index in [-0.39, 0.29) is 17.9 Å². The van der Waals surface area contributed by atoms with Crippen LogP contribution in [0, 0.1) is 17.2 Å². The first-order valence-corrected chi connectivity index (χ1v) is 8.70. The molecule has 2 rings (SSSR count). The van der Waals surface area contributed by atoms with Crippen molar-refractivity contribution in [2.45, 2.75) is 32.7 Å². The van der Waals surface area contributed by atoms with Crippen LogP contribution in [0.5, 0.6) is 5.75 Å². The molecule has 1 fully saturated rings. The zero-order valence-corrected chi connectivity index (χ0v) is 14.9. The molecular weight excluding hydrogens is 302 g/mol. The minimum atomic E-state index is -0.300. The van der Waals surface area contributed by atoms with Gasteiger partial charge in [-0.3, -0.25) is 9.69 Å². The van der Waals surface area contributed by atoms with Crippen LogP contribution in [0.25, 0.3) is 0 Å². The van der Waals surface area contributed by atoms with Gasteiger partial charge in [-0.2, -0.15) is 5.26 Å². The molecule has 0 aliphatic carbocycles. The van der Waals surface area contributed by atoms with E-state index in [2.05, 4.69) is 24.8 Å². The SMILES string of the molecule is CCC(CC)C(=O)N1CCN(C(C#N)c2cccc(OC)c2)CC1. The molecule has 24 heavy (non-hydrogen) atoms. The molecule has 0 bridgehead atoms. The van der Waals surface area contributed by atoms with Crippen molar-refractivity contribution in [2.75, 3.05) is 33.3 Å². The van der Waals surface area contributed by atoms with E-state index in [1.54, 1.807) is 7.11 Å². The minimum absolute atomic E-state index is 0.127. The van der Waals surface area contributed by atoms with E-state index in [0.717, 1.165) is 37.2 Å². The molecule has 0 N–H and O–H groups in total. The molecule has 5 heteroatoms. The van der Waals surface area contributed by atoms with Crippen LogP contribution in [0.3, 0.4) is 0 Å². The van der Waals surface area contributed by atoms with Crippen LogP contribution in [0.2, 0.25) is 0 Å².